The molecule has 1 atom stereocenters. The van der Waals surface area contributed by atoms with E-state index in [-0.39, 0.29) is 23.4 Å². The summed E-state index contributed by atoms with van der Waals surface area (Å²) in [5.74, 6) is 0.619. The van der Waals surface area contributed by atoms with Crippen molar-refractivity contribution in [3.8, 4) is 0 Å². The van der Waals surface area contributed by atoms with Crippen LogP contribution in [0.2, 0.25) is 0 Å². The van der Waals surface area contributed by atoms with Crippen molar-refractivity contribution in [2.24, 2.45) is 0 Å². The van der Waals surface area contributed by atoms with Crippen LogP contribution in [0.3, 0.4) is 0 Å². The molecule has 11 nitrogen and oxygen atoms in total. The summed E-state index contributed by atoms with van der Waals surface area (Å²) in [5.41, 5.74) is 1.13. The van der Waals surface area contributed by atoms with Gasteiger partial charge >= 0.3 is 0 Å². The maximum atomic E-state index is 13.0. The first-order valence-corrected chi connectivity index (χ1v) is 13.0. The normalized spacial score (nSPS) is 19.4. The van der Waals surface area contributed by atoms with Gasteiger partial charge in [0.05, 0.1) is 23.8 Å². The largest absolute Gasteiger partial charge is 0.375 e. The number of anilines is 2. The molecule has 2 fully saturated rings. The monoisotopic (exact) mass is 484 g/mol. The highest BCUT2D eigenvalue weighted by atomic mass is 32.2. The second kappa shape index (κ2) is 9.55. The van der Waals surface area contributed by atoms with Gasteiger partial charge in [-0.1, -0.05) is 12.1 Å². The molecule has 3 aromatic rings. The molecule has 180 valence electrons. The van der Waals surface area contributed by atoms with Gasteiger partial charge in [-0.15, -0.1) is 0 Å². The molecule has 34 heavy (non-hydrogen) atoms. The van der Waals surface area contributed by atoms with Crippen LogP contribution in [0.5, 0.6) is 0 Å². The Kier molecular flexibility index (Phi) is 6.33. The maximum Gasteiger partial charge on any atom is 0.245 e. The molecule has 1 amide bonds. The van der Waals surface area contributed by atoms with Crippen LogP contribution in [0.1, 0.15) is 25.7 Å². The Balaban J connectivity index is 1.21. The van der Waals surface area contributed by atoms with E-state index in [4.69, 9.17) is 0 Å². The van der Waals surface area contributed by atoms with Crippen LogP contribution in [-0.4, -0.2) is 77.6 Å². The SMILES string of the molecule is O=C(CNc1ccccc1S(=O)(=O)N1CCCC1)N[C@@H]1CCCN(c2ncnc3[nH]ncc23)C1. The number of H-pyrrole nitrogens is 1. The van der Waals surface area contributed by atoms with Gasteiger partial charge in [0.1, 0.15) is 17.0 Å². The predicted molar refractivity (Wildman–Crippen MR) is 128 cm³/mol. The fourth-order valence-corrected chi connectivity index (χ4v) is 6.34. The first kappa shape index (κ1) is 22.5. The molecule has 0 saturated carbocycles. The van der Waals surface area contributed by atoms with Crippen molar-refractivity contribution in [1.29, 1.82) is 0 Å². The molecule has 2 saturated heterocycles. The Morgan fingerprint density at radius 3 is 2.79 bits per heavy atom. The number of piperidine rings is 1. The van der Waals surface area contributed by atoms with E-state index in [9.17, 15) is 13.2 Å². The van der Waals surface area contributed by atoms with E-state index in [1.807, 2.05) is 0 Å². The van der Waals surface area contributed by atoms with Crippen molar-refractivity contribution in [3.63, 3.8) is 0 Å². The number of carbonyl (C=O) groups is 1. The molecule has 1 aromatic carbocycles. The minimum absolute atomic E-state index is 0.0114. The highest BCUT2D eigenvalue weighted by Gasteiger charge is 2.29. The summed E-state index contributed by atoms with van der Waals surface area (Å²) in [5, 5.41) is 13.9. The van der Waals surface area contributed by atoms with Crippen LogP contribution in [-0.2, 0) is 14.8 Å². The summed E-state index contributed by atoms with van der Waals surface area (Å²) < 4.78 is 27.6. The van der Waals surface area contributed by atoms with Gasteiger partial charge in [0, 0.05) is 32.2 Å². The predicted octanol–water partition coefficient (Wildman–Crippen LogP) is 1.33. The second-order valence-electron chi connectivity index (χ2n) is 8.64. The minimum Gasteiger partial charge on any atom is -0.375 e. The number of benzene rings is 1. The Morgan fingerprint density at radius 2 is 1.94 bits per heavy atom. The van der Waals surface area contributed by atoms with Crippen LogP contribution >= 0.6 is 0 Å². The first-order valence-electron chi connectivity index (χ1n) is 11.5. The van der Waals surface area contributed by atoms with Crippen molar-refractivity contribution < 1.29 is 13.2 Å². The molecule has 5 rings (SSSR count). The molecule has 2 aliphatic heterocycles. The number of hydrogen-bond acceptors (Lipinski definition) is 8. The zero-order valence-electron chi connectivity index (χ0n) is 18.8. The number of fused-ring (bicyclic) bond motifs is 1. The molecule has 2 aromatic heterocycles. The van der Waals surface area contributed by atoms with E-state index < -0.39 is 10.0 Å². The molecule has 3 N–H and O–H groups in total. The van der Waals surface area contributed by atoms with Crippen molar-refractivity contribution in [1.82, 2.24) is 29.8 Å². The lowest BCUT2D eigenvalue weighted by molar-refractivity contribution is -0.120. The Labute approximate surface area is 198 Å². The third-order valence-corrected chi connectivity index (χ3v) is 8.28. The average Bonchev–Trinajstić information content (AvgIpc) is 3.55. The number of nitrogens with one attached hydrogen (secondary N) is 3. The number of para-hydroxylation sites is 1. The lowest BCUT2D eigenvalue weighted by atomic mass is 10.1. The van der Waals surface area contributed by atoms with Gasteiger partial charge in [0.25, 0.3) is 0 Å². The van der Waals surface area contributed by atoms with E-state index in [0.29, 0.717) is 31.0 Å². The number of nitrogens with zero attached hydrogens (tertiary/aromatic N) is 5. The van der Waals surface area contributed by atoms with Crippen molar-refractivity contribution in [3.05, 3.63) is 36.8 Å². The third-order valence-electron chi connectivity index (χ3n) is 6.32. The lowest BCUT2D eigenvalue weighted by Crippen LogP contribution is -2.49. The van der Waals surface area contributed by atoms with Gasteiger partial charge in [-0.25, -0.2) is 18.4 Å². The van der Waals surface area contributed by atoms with Crippen molar-refractivity contribution >= 4 is 38.5 Å². The van der Waals surface area contributed by atoms with Gasteiger partial charge in [-0.2, -0.15) is 9.40 Å². The smallest absolute Gasteiger partial charge is 0.245 e. The van der Waals surface area contributed by atoms with Crippen molar-refractivity contribution in [2.45, 2.75) is 36.6 Å². The minimum atomic E-state index is -3.58. The van der Waals surface area contributed by atoms with Crippen LogP contribution in [0.15, 0.2) is 41.7 Å². The summed E-state index contributed by atoms with van der Waals surface area (Å²) in [6, 6.07) is 6.72. The average molecular weight is 485 g/mol. The standard InChI is InChI=1S/C22H28N8O3S/c31-20(13-23-18-7-1-2-8-19(18)34(32,33)30-10-3-4-11-30)27-16-6-5-9-29(14-16)22-17-12-26-28-21(17)24-15-25-22/h1-2,7-8,12,15-16,23H,3-6,9-11,13-14H2,(H,27,31)(H,24,25,26,28)/t16-/m1/s1. The number of rotatable bonds is 7. The number of carbonyl (C=O) groups excluding carboxylic acids is 1. The number of amides is 1. The fourth-order valence-electron chi connectivity index (χ4n) is 4.65. The Bertz CT molecular complexity index is 1270. The van der Waals surface area contributed by atoms with E-state index in [2.05, 4.69) is 35.7 Å². The second-order valence-corrected chi connectivity index (χ2v) is 10.5. The number of aromatic nitrogens is 4. The lowest BCUT2D eigenvalue weighted by Gasteiger charge is -2.34. The van der Waals surface area contributed by atoms with E-state index in [0.717, 1.165) is 43.4 Å². The number of aromatic amines is 1. The highest BCUT2D eigenvalue weighted by molar-refractivity contribution is 7.89. The third kappa shape index (κ3) is 4.55. The van der Waals surface area contributed by atoms with Gasteiger partial charge in [0.2, 0.25) is 15.9 Å². The summed E-state index contributed by atoms with van der Waals surface area (Å²) in [4.78, 5) is 23.7. The maximum absolute atomic E-state index is 13.0. The molecule has 0 bridgehead atoms. The fraction of sp³-hybridized carbons (Fsp3) is 0.455. The highest BCUT2D eigenvalue weighted by Crippen LogP contribution is 2.27. The number of hydrogen-bond donors (Lipinski definition) is 3. The van der Waals surface area contributed by atoms with Gasteiger partial charge in [0.15, 0.2) is 5.65 Å². The Hall–Kier alpha value is -3.25. The summed E-state index contributed by atoms with van der Waals surface area (Å²) >= 11 is 0. The quantitative estimate of drug-likeness (QED) is 0.457. The zero-order valence-corrected chi connectivity index (χ0v) is 19.6. The Morgan fingerprint density at radius 1 is 1.12 bits per heavy atom. The number of sulfonamides is 1. The zero-order chi connectivity index (χ0) is 23.5. The summed E-state index contributed by atoms with van der Waals surface area (Å²) in [6.07, 6.45) is 6.74. The molecule has 12 heteroatoms. The van der Waals surface area contributed by atoms with Crippen molar-refractivity contribution in [2.75, 3.05) is 42.9 Å². The first-order chi connectivity index (χ1) is 16.5. The van der Waals surface area contributed by atoms with Crippen LogP contribution in [0.4, 0.5) is 11.5 Å². The van der Waals surface area contributed by atoms with Crippen LogP contribution < -0.4 is 15.5 Å². The summed E-state index contributed by atoms with van der Waals surface area (Å²) in [6.45, 7) is 2.52. The molecule has 0 spiro atoms. The molecular weight excluding hydrogens is 456 g/mol. The van der Waals surface area contributed by atoms with Gasteiger partial charge in [-0.3, -0.25) is 9.89 Å². The van der Waals surface area contributed by atoms with Gasteiger partial charge in [-0.05, 0) is 37.8 Å². The van der Waals surface area contributed by atoms with E-state index in [1.54, 1.807) is 30.5 Å². The topological polar surface area (TPSA) is 136 Å². The van der Waals surface area contributed by atoms with Crippen LogP contribution in [0.25, 0.3) is 11.0 Å². The molecule has 0 unspecified atom stereocenters. The van der Waals surface area contributed by atoms with E-state index >= 15 is 0 Å². The molecule has 2 aliphatic rings. The molecule has 0 radical (unpaired) electrons. The van der Waals surface area contributed by atoms with E-state index in [1.165, 1.54) is 10.6 Å². The summed E-state index contributed by atoms with van der Waals surface area (Å²) in [7, 11) is -3.58. The van der Waals surface area contributed by atoms with Gasteiger partial charge < -0.3 is 15.5 Å². The molecule has 0 aliphatic carbocycles. The molecule has 4 heterocycles. The molecular formula is C22H28N8O3S. The van der Waals surface area contributed by atoms with Crippen LogP contribution in [0, 0.1) is 0 Å².